The number of aliphatic hydroxyl groups excluding tert-OH is 3. The van der Waals surface area contributed by atoms with Gasteiger partial charge >= 0.3 is 0 Å². The molecule has 0 bridgehead atoms. The Morgan fingerprint density at radius 1 is 1.14 bits per heavy atom. The predicted molar refractivity (Wildman–Crippen MR) is 94.1 cm³/mol. The summed E-state index contributed by atoms with van der Waals surface area (Å²) in [6.07, 6.45) is -2.77. The molecule has 7 nitrogen and oxygen atoms in total. The molecule has 1 aliphatic heterocycles. The molecule has 3 heterocycles. The van der Waals surface area contributed by atoms with Gasteiger partial charge in [-0.2, -0.15) is 0 Å². The standard InChI is InChI=1S/C19H19F2N3O4/c1-2-13-10-5-6-24(18(10)23-8-22-13)19-16(27)15(26)17(28-19)14(25)9-3-4-11(20)12(21)7-9/h3-8,14-17,19,25-27H,2H2,1H3. The molecule has 9 heteroatoms. The van der Waals surface area contributed by atoms with Crippen molar-refractivity contribution in [2.24, 2.45) is 0 Å². The van der Waals surface area contributed by atoms with Crippen molar-refractivity contribution in [1.29, 1.82) is 0 Å². The number of aliphatic hydroxyl groups is 3. The molecule has 5 unspecified atom stereocenters. The van der Waals surface area contributed by atoms with Gasteiger partial charge in [0.05, 0.1) is 5.69 Å². The number of benzene rings is 1. The fraction of sp³-hybridized carbons (Fsp3) is 0.368. The van der Waals surface area contributed by atoms with E-state index >= 15 is 0 Å². The van der Waals surface area contributed by atoms with E-state index in [1.54, 1.807) is 16.8 Å². The normalized spacial score (nSPS) is 26.1. The first-order chi connectivity index (χ1) is 13.4. The molecule has 2 aromatic heterocycles. The first-order valence-corrected chi connectivity index (χ1v) is 8.87. The molecule has 1 fully saturated rings. The van der Waals surface area contributed by atoms with Crippen LogP contribution >= 0.6 is 0 Å². The molecule has 4 rings (SSSR count). The SMILES string of the molecule is CCc1ncnc2c1ccn2C1OC(C(O)c2ccc(F)c(F)c2)C(O)C1O. The number of hydrogen-bond donors (Lipinski definition) is 3. The van der Waals surface area contributed by atoms with Crippen LogP contribution in [0.2, 0.25) is 0 Å². The van der Waals surface area contributed by atoms with E-state index in [1.807, 2.05) is 6.92 Å². The Kier molecular flexibility index (Phi) is 4.84. The lowest BCUT2D eigenvalue weighted by molar-refractivity contribution is -0.0849. The van der Waals surface area contributed by atoms with E-state index in [9.17, 15) is 24.1 Å². The lowest BCUT2D eigenvalue weighted by Crippen LogP contribution is -2.34. The molecule has 28 heavy (non-hydrogen) atoms. The molecule has 1 saturated heterocycles. The van der Waals surface area contributed by atoms with Crippen LogP contribution in [0.25, 0.3) is 11.0 Å². The fourth-order valence-electron chi connectivity index (χ4n) is 3.57. The van der Waals surface area contributed by atoms with E-state index in [0.29, 0.717) is 12.1 Å². The Hall–Kier alpha value is -2.46. The van der Waals surface area contributed by atoms with Crippen LogP contribution in [0.3, 0.4) is 0 Å². The number of fused-ring (bicyclic) bond motifs is 1. The van der Waals surface area contributed by atoms with Crippen LogP contribution in [0, 0.1) is 11.6 Å². The highest BCUT2D eigenvalue weighted by molar-refractivity contribution is 5.78. The Labute approximate surface area is 158 Å². The predicted octanol–water partition coefficient (Wildman–Crippen LogP) is 1.62. The van der Waals surface area contributed by atoms with E-state index < -0.39 is 42.3 Å². The van der Waals surface area contributed by atoms with Crippen molar-refractivity contribution in [3.8, 4) is 0 Å². The fourth-order valence-corrected chi connectivity index (χ4v) is 3.57. The molecule has 5 atom stereocenters. The monoisotopic (exact) mass is 391 g/mol. The van der Waals surface area contributed by atoms with Gasteiger partial charge < -0.3 is 24.6 Å². The van der Waals surface area contributed by atoms with E-state index in [-0.39, 0.29) is 5.56 Å². The van der Waals surface area contributed by atoms with Gasteiger partial charge in [0.1, 0.15) is 36.4 Å². The van der Waals surface area contributed by atoms with Gasteiger partial charge in [0.15, 0.2) is 17.9 Å². The number of halogens is 2. The average Bonchev–Trinajstić information content (AvgIpc) is 3.25. The first-order valence-electron chi connectivity index (χ1n) is 8.87. The smallest absolute Gasteiger partial charge is 0.164 e. The molecule has 148 valence electrons. The van der Waals surface area contributed by atoms with E-state index in [1.165, 1.54) is 12.4 Å². The van der Waals surface area contributed by atoms with Crippen molar-refractivity contribution in [2.75, 3.05) is 0 Å². The number of aryl methyl sites for hydroxylation is 1. The topological polar surface area (TPSA) is 101 Å². The van der Waals surface area contributed by atoms with Gasteiger partial charge in [-0.05, 0) is 30.2 Å². The number of hydrogen-bond acceptors (Lipinski definition) is 6. The van der Waals surface area contributed by atoms with Crippen LogP contribution in [0.4, 0.5) is 8.78 Å². The number of rotatable bonds is 4. The second kappa shape index (κ2) is 7.17. The van der Waals surface area contributed by atoms with Gasteiger partial charge in [-0.25, -0.2) is 18.7 Å². The van der Waals surface area contributed by atoms with Gasteiger partial charge in [-0.15, -0.1) is 0 Å². The van der Waals surface area contributed by atoms with Crippen molar-refractivity contribution in [1.82, 2.24) is 14.5 Å². The third kappa shape index (κ3) is 2.96. The average molecular weight is 391 g/mol. The highest BCUT2D eigenvalue weighted by Gasteiger charge is 2.47. The lowest BCUT2D eigenvalue weighted by atomic mass is 9.99. The van der Waals surface area contributed by atoms with Crippen molar-refractivity contribution in [3.63, 3.8) is 0 Å². The molecular weight excluding hydrogens is 372 g/mol. The molecule has 0 saturated carbocycles. The van der Waals surface area contributed by atoms with Gasteiger partial charge in [0, 0.05) is 11.6 Å². The molecule has 0 spiro atoms. The summed E-state index contributed by atoms with van der Waals surface area (Å²) < 4.78 is 33.9. The Morgan fingerprint density at radius 2 is 1.93 bits per heavy atom. The van der Waals surface area contributed by atoms with Crippen molar-refractivity contribution in [3.05, 3.63) is 59.7 Å². The zero-order chi connectivity index (χ0) is 20.0. The molecular formula is C19H19F2N3O4. The molecule has 0 amide bonds. The van der Waals surface area contributed by atoms with E-state index in [0.717, 1.165) is 23.2 Å². The molecule has 3 aromatic rings. The number of aromatic nitrogens is 3. The highest BCUT2D eigenvalue weighted by atomic mass is 19.2. The Balaban J connectivity index is 1.65. The molecule has 0 aliphatic carbocycles. The second-order valence-electron chi connectivity index (χ2n) is 6.73. The van der Waals surface area contributed by atoms with Crippen LogP contribution in [0.15, 0.2) is 36.8 Å². The van der Waals surface area contributed by atoms with Crippen molar-refractivity contribution < 1.29 is 28.8 Å². The number of nitrogens with zero attached hydrogens (tertiary/aromatic N) is 3. The quantitative estimate of drug-likeness (QED) is 0.625. The van der Waals surface area contributed by atoms with Crippen molar-refractivity contribution in [2.45, 2.75) is 44.0 Å². The van der Waals surface area contributed by atoms with Crippen LogP contribution in [0.5, 0.6) is 0 Å². The van der Waals surface area contributed by atoms with Gasteiger partial charge in [-0.1, -0.05) is 13.0 Å². The summed E-state index contributed by atoms with van der Waals surface area (Å²) in [7, 11) is 0. The Bertz CT molecular complexity index is 1010. The zero-order valence-electron chi connectivity index (χ0n) is 14.9. The maximum absolute atomic E-state index is 13.5. The summed E-state index contributed by atoms with van der Waals surface area (Å²) in [4.78, 5) is 8.44. The highest BCUT2D eigenvalue weighted by Crippen LogP contribution is 2.37. The maximum atomic E-state index is 13.5. The molecule has 3 N–H and O–H groups in total. The minimum atomic E-state index is -1.47. The van der Waals surface area contributed by atoms with Crippen LogP contribution in [-0.4, -0.2) is 48.2 Å². The first kappa shape index (κ1) is 18.9. The van der Waals surface area contributed by atoms with E-state index in [2.05, 4.69) is 9.97 Å². The molecule has 1 aromatic carbocycles. The largest absolute Gasteiger partial charge is 0.387 e. The maximum Gasteiger partial charge on any atom is 0.164 e. The summed E-state index contributed by atoms with van der Waals surface area (Å²) in [6, 6.07) is 4.70. The summed E-state index contributed by atoms with van der Waals surface area (Å²) in [5, 5.41) is 32.2. The minimum Gasteiger partial charge on any atom is -0.387 e. The summed E-state index contributed by atoms with van der Waals surface area (Å²) in [5.41, 5.74) is 1.38. The third-order valence-electron chi connectivity index (χ3n) is 5.07. The lowest BCUT2D eigenvalue weighted by Gasteiger charge is -2.21. The summed E-state index contributed by atoms with van der Waals surface area (Å²) in [5.74, 6) is -2.17. The zero-order valence-corrected chi connectivity index (χ0v) is 14.9. The molecule has 1 aliphatic rings. The Morgan fingerprint density at radius 3 is 2.64 bits per heavy atom. The third-order valence-corrected chi connectivity index (χ3v) is 5.07. The number of ether oxygens (including phenoxy) is 1. The minimum absolute atomic E-state index is 0.0313. The van der Waals surface area contributed by atoms with Crippen LogP contribution in [-0.2, 0) is 11.2 Å². The van der Waals surface area contributed by atoms with Gasteiger partial charge in [0.2, 0.25) is 0 Å². The van der Waals surface area contributed by atoms with Gasteiger partial charge in [-0.3, -0.25) is 0 Å². The van der Waals surface area contributed by atoms with Crippen LogP contribution < -0.4 is 0 Å². The summed E-state index contributed by atoms with van der Waals surface area (Å²) in [6.45, 7) is 1.96. The summed E-state index contributed by atoms with van der Waals surface area (Å²) >= 11 is 0. The van der Waals surface area contributed by atoms with Crippen LogP contribution in [0.1, 0.15) is 30.5 Å². The van der Waals surface area contributed by atoms with Gasteiger partial charge in [0.25, 0.3) is 0 Å². The second-order valence-corrected chi connectivity index (χ2v) is 6.73. The molecule has 0 radical (unpaired) electrons. The van der Waals surface area contributed by atoms with E-state index in [4.69, 9.17) is 4.74 Å². The van der Waals surface area contributed by atoms with Crippen molar-refractivity contribution >= 4 is 11.0 Å².